The van der Waals surface area contributed by atoms with Gasteiger partial charge in [-0.1, -0.05) is 18.2 Å². The molecule has 3 N–H and O–H groups in total. The van der Waals surface area contributed by atoms with Crippen molar-refractivity contribution in [3.63, 3.8) is 0 Å². The predicted octanol–water partition coefficient (Wildman–Crippen LogP) is 0.948. The molecule has 1 aromatic rings. The van der Waals surface area contributed by atoms with Crippen LogP contribution in [-0.4, -0.2) is 28.2 Å². The molecule has 1 unspecified atom stereocenters. The lowest BCUT2D eigenvalue weighted by Crippen LogP contribution is -2.33. The van der Waals surface area contributed by atoms with Gasteiger partial charge in [-0.3, -0.25) is 4.79 Å². The van der Waals surface area contributed by atoms with Gasteiger partial charge in [0.1, 0.15) is 6.04 Å². The lowest BCUT2D eigenvalue weighted by molar-refractivity contribution is -0.139. The molecule has 1 atom stereocenters. The van der Waals surface area contributed by atoms with Crippen LogP contribution in [0.15, 0.2) is 24.3 Å². The van der Waals surface area contributed by atoms with Crippen molar-refractivity contribution in [3.05, 3.63) is 35.4 Å². The highest BCUT2D eigenvalue weighted by atomic mass is 16.4. The summed E-state index contributed by atoms with van der Waals surface area (Å²) in [6.45, 7) is 1.72. The maximum Gasteiger partial charge on any atom is 0.336 e. The number of nitrogens with one attached hydrogen (secondary N) is 1. The Kier molecular flexibility index (Phi) is 4.02. The van der Waals surface area contributed by atoms with Crippen LogP contribution in [0.4, 0.5) is 0 Å². The van der Waals surface area contributed by atoms with E-state index in [1.807, 2.05) is 0 Å². The Balaban J connectivity index is 2.74. The molecule has 0 aliphatic carbocycles. The van der Waals surface area contributed by atoms with Crippen LogP contribution in [0.3, 0.4) is 0 Å². The summed E-state index contributed by atoms with van der Waals surface area (Å²) in [5.41, 5.74) is 0.760. The number of rotatable bonds is 5. The molecule has 0 fully saturated rings. The standard InChI is InChI=1S/C11H13NO4/c1-7(10(13)14)12-6-8-4-2-3-5-9(8)11(15)16/h2-5,7,12H,6H2,1H3,(H,13,14)(H,15,16). The van der Waals surface area contributed by atoms with E-state index in [2.05, 4.69) is 5.32 Å². The first-order chi connectivity index (χ1) is 7.52. The summed E-state index contributed by atoms with van der Waals surface area (Å²) in [6.07, 6.45) is 0. The molecule has 0 saturated carbocycles. The van der Waals surface area contributed by atoms with Crippen molar-refractivity contribution >= 4 is 11.9 Å². The lowest BCUT2D eigenvalue weighted by atomic mass is 10.1. The Bertz CT molecular complexity index is 403. The van der Waals surface area contributed by atoms with E-state index in [0.717, 1.165) is 0 Å². The van der Waals surface area contributed by atoms with Gasteiger partial charge < -0.3 is 15.5 Å². The zero-order valence-corrected chi connectivity index (χ0v) is 8.80. The molecule has 0 heterocycles. The fourth-order valence-electron chi connectivity index (χ4n) is 1.23. The molecule has 0 aliphatic heterocycles. The van der Waals surface area contributed by atoms with Gasteiger partial charge in [0.05, 0.1) is 5.56 Å². The van der Waals surface area contributed by atoms with Crippen molar-refractivity contribution in [2.45, 2.75) is 19.5 Å². The Hall–Kier alpha value is -1.88. The van der Waals surface area contributed by atoms with Gasteiger partial charge in [-0.15, -0.1) is 0 Å². The summed E-state index contributed by atoms with van der Waals surface area (Å²) in [7, 11) is 0. The second-order valence-corrected chi connectivity index (χ2v) is 3.40. The number of carboxylic acid groups (broad SMARTS) is 2. The molecule has 0 radical (unpaired) electrons. The van der Waals surface area contributed by atoms with Crippen molar-refractivity contribution in [2.24, 2.45) is 0 Å². The van der Waals surface area contributed by atoms with Crippen molar-refractivity contribution in [3.8, 4) is 0 Å². The van der Waals surface area contributed by atoms with Crippen LogP contribution in [0, 0.1) is 0 Å². The van der Waals surface area contributed by atoms with Gasteiger partial charge in [0.25, 0.3) is 0 Å². The van der Waals surface area contributed by atoms with Crippen molar-refractivity contribution in [2.75, 3.05) is 0 Å². The van der Waals surface area contributed by atoms with Gasteiger partial charge in [-0.05, 0) is 18.6 Å². The summed E-state index contributed by atoms with van der Waals surface area (Å²) in [5.74, 6) is -1.98. The van der Waals surface area contributed by atoms with E-state index in [0.29, 0.717) is 5.56 Å². The third kappa shape index (κ3) is 3.06. The second-order valence-electron chi connectivity index (χ2n) is 3.40. The van der Waals surface area contributed by atoms with E-state index in [1.165, 1.54) is 13.0 Å². The normalized spacial score (nSPS) is 12.1. The van der Waals surface area contributed by atoms with Crippen molar-refractivity contribution < 1.29 is 19.8 Å². The zero-order chi connectivity index (χ0) is 12.1. The van der Waals surface area contributed by atoms with E-state index in [1.54, 1.807) is 18.2 Å². The Morgan fingerprint density at radius 1 is 1.31 bits per heavy atom. The van der Waals surface area contributed by atoms with E-state index in [-0.39, 0.29) is 12.1 Å². The number of benzene rings is 1. The van der Waals surface area contributed by atoms with Crippen molar-refractivity contribution in [1.82, 2.24) is 5.32 Å². The molecule has 0 aliphatic rings. The Labute approximate surface area is 92.7 Å². The van der Waals surface area contributed by atoms with E-state index in [9.17, 15) is 9.59 Å². The molecule has 86 valence electrons. The first-order valence-corrected chi connectivity index (χ1v) is 4.79. The third-order valence-electron chi connectivity index (χ3n) is 2.22. The molecule has 0 aromatic heterocycles. The minimum Gasteiger partial charge on any atom is -0.480 e. The molecule has 0 bridgehead atoms. The van der Waals surface area contributed by atoms with Gasteiger partial charge in [0, 0.05) is 6.54 Å². The number of carboxylic acids is 2. The van der Waals surface area contributed by atoms with E-state index >= 15 is 0 Å². The number of aliphatic carboxylic acids is 1. The quantitative estimate of drug-likeness (QED) is 0.691. The van der Waals surface area contributed by atoms with Gasteiger partial charge in [-0.25, -0.2) is 4.79 Å². The van der Waals surface area contributed by atoms with Gasteiger partial charge in [0.15, 0.2) is 0 Å². The minimum atomic E-state index is -1.01. The molecule has 1 aromatic carbocycles. The SMILES string of the molecule is CC(NCc1ccccc1C(=O)O)C(=O)O. The maximum absolute atomic E-state index is 10.9. The van der Waals surface area contributed by atoms with E-state index < -0.39 is 18.0 Å². The Morgan fingerprint density at radius 2 is 1.94 bits per heavy atom. The highest BCUT2D eigenvalue weighted by Gasteiger charge is 2.12. The summed E-state index contributed by atoms with van der Waals surface area (Å²) in [5, 5.41) is 20.3. The molecule has 1 rings (SSSR count). The predicted molar refractivity (Wildman–Crippen MR) is 57.3 cm³/mol. The zero-order valence-electron chi connectivity index (χ0n) is 8.80. The molecule has 0 amide bonds. The van der Waals surface area contributed by atoms with Crippen molar-refractivity contribution in [1.29, 1.82) is 0 Å². The molecule has 0 spiro atoms. The first kappa shape index (κ1) is 12.2. The highest BCUT2D eigenvalue weighted by molar-refractivity contribution is 5.89. The minimum absolute atomic E-state index is 0.188. The average molecular weight is 223 g/mol. The summed E-state index contributed by atoms with van der Waals surface area (Å²) < 4.78 is 0. The number of carbonyl (C=O) groups is 2. The van der Waals surface area contributed by atoms with Crippen LogP contribution in [0.2, 0.25) is 0 Å². The molecule has 16 heavy (non-hydrogen) atoms. The average Bonchev–Trinajstić information content (AvgIpc) is 2.25. The second kappa shape index (κ2) is 5.27. The lowest BCUT2D eigenvalue weighted by Gasteiger charge is -2.10. The Morgan fingerprint density at radius 3 is 2.50 bits per heavy atom. The highest BCUT2D eigenvalue weighted by Crippen LogP contribution is 2.08. The summed E-state index contributed by atoms with van der Waals surface area (Å²) >= 11 is 0. The summed E-state index contributed by atoms with van der Waals surface area (Å²) in [4.78, 5) is 21.4. The molecular weight excluding hydrogens is 210 g/mol. The fourth-order valence-corrected chi connectivity index (χ4v) is 1.23. The van der Waals surface area contributed by atoms with E-state index in [4.69, 9.17) is 10.2 Å². The molecule has 0 saturated heterocycles. The van der Waals surface area contributed by atoms with Crippen LogP contribution in [0.25, 0.3) is 0 Å². The van der Waals surface area contributed by atoms with Crippen LogP contribution in [0.1, 0.15) is 22.8 Å². The number of hydrogen-bond donors (Lipinski definition) is 3. The van der Waals surface area contributed by atoms with Crippen LogP contribution in [0.5, 0.6) is 0 Å². The van der Waals surface area contributed by atoms with Gasteiger partial charge in [0.2, 0.25) is 0 Å². The van der Waals surface area contributed by atoms with Crippen LogP contribution in [-0.2, 0) is 11.3 Å². The fraction of sp³-hybridized carbons (Fsp3) is 0.273. The van der Waals surface area contributed by atoms with Crippen LogP contribution < -0.4 is 5.32 Å². The molecule has 5 heteroatoms. The maximum atomic E-state index is 10.9. The topological polar surface area (TPSA) is 86.6 Å². The largest absolute Gasteiger partial charge is 0.480 e. The van der Waals surface area contributed by atoms with Crippen LogP contribution >= 0.6 is 0 Å². The number of aromatic carboxylic acids is 1. The molecular formula is C11H13NO4. The monoisotopic (exact) mass is 223 g/mol. The first-order valence-electron chi connectivity index (χ1n) is 4.79. The molecule has 5 nitrogen and oxygen atoms in total. The third-order valence-corrected chi connectivity index (χ3v) is 2.22. The van der Waals surface area contributed by atoms with Gasteiger partial charge >= 0.3 is 11.9 Å². The number of hydrogen-bond acceptors (Lipinski definition) is 3. The van der Waals surface area contributed by atoms with Gasteiger partial charge in [-0.2, -0.15) is 0 Å². The smallest absolute Gasteiger partial charge is 0.336 e. The summed E-state index contributed by atoms with van der Waals surface area (Å²) in [6, 6.07) is 5.79.